The molecule has 19 heavy (non-hydrogen) atoms. The lowest BCUT2D eigenvalue weighted by atomic mass is 10.1. The number of carboxylic acids is 1. The molecule has 0 amide bonds. The third kappa shape index (κ3) is 4.44. The number of benzene rings is 1. The van der Waals surface area contributed by atoms with E-state index in [1.807, 2.05) is 30.9 Å². The molecule has 0 atom stereocenters. The molecule has 0 unspecified atom stereocenters. The predicted molar refractivity (Wildman–Crippen MR) is 72.5 cm³/mol. The molecule has 1 rings (SSSR count). The van der Waals surface area contributed by atoms with Gasteiger partial charge in [0.1, 0.15) is 0 Å². The normalized spacial score (nSPS) is 11.0. The predicted octanol–water partition coefficient (Wildman–Crippen LogP) is 2.09. The second-order valence-corrected chi connectivity index (χ2v) is 4.68. The average molecular weight is 267 g/mol. The van der Waals surface area contributed by atoms with E-state index in [-0.39, 0.29) is 18.2 Å². The third-order valence-corrected chi connectivity index (χ3v) is 3.02. The first kappa shape index (κ1) is 15.3. The molecule has 5 nitrogen and oxygen atoms in total. The van der Waals surface area contributed by atoms with Crippen LogP contribution in [0.4, 0.5) is 0 Å². The highest BCUT2D eigenvalue weighted by Crippen LogP contribution is 2.30. The van der Waals surface area contributed by atoms with Crippen LogP contribution < -0.4 is 4.74 Å². The average Bonchev–Trinajstić information content (AvgIpc) is 2.35. The monoisotopic (exact) mass is 267 g/mol. The number of aromatic hydroxyl groups is 1. The van der Waals surface area contributed by atoms with Gasteiger partial charge in [0.25, 0.3) is 0 Å². The molecular formula is C14H21NO4. The maximum atomic E-state index is 10.7. The van der Waals surface area contributed by atoms with Gasteiger partial charge >= 0.3 is 5.97 Å². The van der Waals surface area contributed by atoms with Crippen LogP contribution in [0.5, 0.6) is 11.5 Å². The maximum absolute atomic E-state index is 10.7. The quantitative estimate of drug-likeness (QED) is 0.791. The zero-order valence-corrected chi connectivity index (χ0v) is 11.6. The number of para-hydroxylation sites is 1. The molecule has 1 aromatic carbocycles. The molecule has 0 saturated heterocycles. The number of phenols is 1. The summed E-state index contributed by atoms with van der Waals surface area (Å²) >= 11 is 0. The van der Waals surface area contributed by atoms with E-state index in [9.17, 15) is 9.90 Å². The molecule has 0 heterocycles. The molecule has 0 aliphatic rings. The van der Waals surface area contributed by atoms with E-state index in [1.54, 1.807) is 6.07 Å². The second-order valence-electron chi connectivity index (χ2n) is 4.68. The minimum absolute atomic E-state index is 0.0862. The molecule has 2 N–H and O–H groups in total. The highest BCUT2D eigenvalue weighted by atomic mass is 16.5. The van der Waals surface area contributed by atoms with Crippen LogP contribution in [0.25, 0.3) is 0 Å². The lowest BCUT2D eigenvalue weighted by Gasteiger charge is -2.26. The number of nitrogens with zero attached hydrogens (tertiary/aromatic N) is 1. The van der Waals surface area contributed by atoms with Gasteiger partial charge < -0.3 is 14.9 Å². The number of rotatable bonds is 7. The van der Waals surface area contributed by atoms with Gasteiger partial charge in [0, 0.05) is 24.7 Å². The molecule has 0 aliphatic heterocycles. The van der Waals surface area contributed by atoms with Gasteiger partial charge in [-0.1, -0.05) is 12.1 Å². The highest BCUT2D eigenvalue weighted by molar-refractivity contribution is 5.66. The van der Waals surface area contributed by atoms with Crippen molar-refractivity contribution in [1.82, 2.24) is 4.90 Å². The Morgan fingerprint density at radius 2 is 2.11 bits per heavy atom. The van der Waals surface area contributed by atoms with E-state index >= 15 is 0 Å². The molecule has 0 spiro atoms. The van der Waals surface area contributed by atoms with E-state index < -0.39 is 5.97 Å². The molecular weight excluding hydrogens is 246 g/mol. The summed E-state index contributed by atoms with van der Waals surface area (Å²) in [5, 5.41) is 18.8. The van der Waals surface area contributed by atoms with Crippen LogP contribution in [0.15, 0.2) is 18.2 Å². The summed E-state index contributed by atoms with van der Waals surface area (Å²) in [6.07, 6.45) is 0.0862. The third-order valence-electron chi connectivity index (χ3n) is 3.02. The van der Waals surface area contributed by atoms with E-state index in [1.165, 1.54) is 7.11 Å². The summed E-state index contributed by atoms with van der Waals surface area (Å²) in [7, 11) is 1.50. The summed E-state index contributed by atoms with van der Waals surface area (Å²) < 4.78 is 5.06. The number of carbonyl (C=O) groups is 1. The van der Waals surface area contributed by atoms with Crippen molar-refractivity contribution in [2.45, 2.75) is 32.9 Å². The summed E-state index contributed by atoms with van der Waals surface area (Å²) in [5.74, 6) is -0.272. The van der Waals surface area contributed by atoms with Crippen LogP contribution in [0, 0.1) is 0 Å². The largest absolute Gasteiger partial charge is 0.504 e. The van der Waals surface area contributed by atoms with Crippen molar-refractivity contribution in [3.63, 3.8) is 0 Å². The Morgan fingerprint density at radius 1 is 1.42 bits per heavy atom. The van der Waals surface area contributed by atoms with E-state index in [0.29, 0.717) is 18.8 Å². The van der Waals surface area contributed by atoms with Crippen molar-refractivity contribution in [1.29, 1.82) is 0 Å². The lowest BCUT2D eigenvalue weighted by molar-refractivity contribution is -0.137. The van der Waals surface area contributed by atoms with Crippen LogP contribution in [-0.4, -0.2) is 40.8 Å². The van der Waals surface area contributed by atoms with Crippen LogP contribution in [0.3, 0.4) is 0 Å². The molecule has 5 heteroatoms. The first-order valence-electron chi connectivity index (χ1n) is 6.26. The highest BCUT2D eigenvalue weighted by Gasteiger charge is 2.15. The van der Waals surface area contributed by atoms with E-state index in [0.717, 1.165) is 5.56 Å². The van der Waals surface area contributed by atoms with E-state index in [4.69, 9.17) is 9.84 Å². The van der Waals surface area contributed by atoms with Gasteiger partial charge in [-0.25, -0.2) is 0 Å². The number of aliphatic carboxylic acids is 1. The van der Waals surface area contributed by atoms with Crippen molar-refractivity contribution >= 4 is 5.97 Å². The minimum atomic E-state index is -0.819. The van der Waals surface area contributed by atoms with Crippen LogP contribution in [-0.2, 0) is 11.3 Å². The SMILES string of the molecule is COc1cccc(CN(CCC(=O)O)C(C)C)c1O. The van der Waals surface area contributed by atoms with Crippen LogP contribution in [0.2, 0.25) is 0 Å². The Kier molecular flexibility index (Phi) is 5.63. The first-order chi connectivity index (χ1) is 8.95. The number of phenolic OH excluding ortho intramolecular Hbond substituents is 1. The number of hydrogen-bond donors (Lipinski definition) is 2. The fraction of sp³-hybridized carbons (Fsp3) is 0.500. The van der Waals surface area contributed by atoms with Gasteiger partial charge in [0.15, 0.2) is 11.5 Å². The lowest BCUT2D eigenvalue weighted by Crippen LogP contribution is -2.32. The first-order valence-corrected chi connectivity index (χ1v) is 6.26. The fourth-order valence-electron chi connectivity index (χ4n) is 1.84. The summed E-state index contributed by atoms with van der Waals surface area (Å²) in [6, 6.07) is 5.51. The Morgan fingerprint density at radius 3 is 2.63 bits per heavy atom. The number of methoxy groups -OCH3 is 1. The van der Waals surface area contributed by atoms with Crippen molar-refractivity contribution in [3.8, 4) is 11.5 Å². The van der Waals surface area contributed by atoms with Gasteiger partial charge in [-0.15, -0.1) is 0 Å². The molecule has 106 valence electrons. The van der Waals surface area contributed by atoms with Gasteiger partial charge in [-0.3, -0.25) is 9.69 Å². The Balaban J connectivity index is 2.81. The van der Waals surface area contributed by atoms with Gasteiger partial charge in [0.2, 0.25) is 0 Å². The Bertz CT molecular complexity index is 431. The van der Waals surface area contributed by atoms with E-state index in [2.05, 4.69) is 0 Å². The smallest absolute Gasteiger partial charge is 0.304 e. The molecule has 0 bridgehead atoms. The molecule has 0 saturated carbocycles. The molecule has 0 radical (unpaired) electrons. The zero-order chi connectivity index (χ0) is 14.4. The fourth-order valence-corrected chi connectivity index (χ4v) is 1.84. The van der Waals surface area contributed by atoms with Gasteiger partial charge in [-0.2, -0.15) is 0 Å². The zero-order valence-electron chi connectivity index (χ0n) is 11.6. The molecule has 1 aromatic rings. The van der Waals surface area contributed by atoms with Crippen molar-refractivity contribution in [2.24, 2.45) is 0 Å². The topological polar surface area (TPSA) is 70.0 Å². The molecule has 0 fully saturated rings. The van der Waals surface area contributed by atoms with Crippen molar-refractivity contribution in [2.75, 3.05) is 13.7 Å². The standard InChI is InChI=1S/C14H21NO4/c1-10(2)15(8-7-13(16)17)9-11-5-4-6-12(19-3)14(11)18/h4-6,10,18H,7-9H2,1-3H3,(H,16,17). The number of hydrogen-bond acceptors (Lipinski definition) is 4. The van der Waals surface area contributed by atoms with Crippen LogP contribution >= 0.6 is 0 Å². The van der Waals surface area contributed by atoms with Gasteiger partial charge in [-0.05, 0) is 19.9 Å². The molecule has 0 aliphatic carbocycles. The Hall–Kier alpha value is -1.75. The van der Waals surface area contributed by atoms with Crippen molar-refractivity contribution in [3.05, 3.63) is 23.8 Å². The molecule has 0 aromatic heterocycles. The number of ether oxygens (including phenoxy) is 1. The second kappa shape index (κ2) is 6.99. The van der Waals surface area contributed by atoms with Crippen molar-refractivity contribution < 1.29 is 19.7 Å². The van der Waals surface area contributed by atoms with Crippen LogP contribution in [0.1, 0.15) is 25.8 Å². The Labute approximate surface area is 113 Å². The number of carboxylic acid groups (broad SMARTS) is 1. The maximum Gasteiger partial charge on any atom is 0.304 e. The van der Waals surface area contributed by atoms with Gasteiger partial charge in [0.05, 0.1) is 13.5 Å². The summed E-state index contributed by atoms with van der Waals surface area (Å²) in [6.45, 7) is 4.94. The summed E-state index contributed by atoms with van der Waals surface area (Å²) in [4.78, 5) is 12.7. The summed E-state index contributed by atoms with van der Waals surface area (Å²) in [5.41, 5.74) is 0.735. The minimum Gasteiger partial charge on any atom is -0.504 e.